The summed E-state index contributed by atoms with van der Waals surface area (Å²) in [5.74, 6) is 0.627. The summed E-state index contributed by atoms with van der Waals surface area (Å²) >= 11 is 1.70. The maximum Gasteiger partial charge on any atom is 0.255 e. The van der Waals surface area contributed by atoms with Crippen LogP contribution in [0.25, 0.3) is 0 Å². The highest BCUT2D eigenvalue weighted by atomic mass is 35.5. The molecule has 1 heterocycles. The highest BCUT2D eigenvalue weighted by Gasteiger charge is 2.11. The van der Waals surface area contributed by atoms with Gasteiger partial charge in [-0.2, -0.15) is 0 Å². The van der Waals surface area contributed by atoms with E-state index in [4.69, 9.17) is 15.2 Å². The maximum absolute atomic E-state index is 10.9. The molecule has 1 aromatic heterocycles. The van der Waals surface area contributed by atoms with Crippen molar-refractivity contribution < 1.29 is 14.3 Å². The minimum atomic E-state index is -0.515. The number of nitrogens with one attached hydrogen (secondary N) is 1. The lowest BCUT2D eigenvalue weighted by atomic mass is 10.2. The van der Waals surface area contributed by atoms with Crippen molar-refractivity contribution in [3.8, 4) is 11.5 Å². The van der Waals surface area contributed by atoms with Crippen molar-refractivity contribution in [2.24, 2.45) is 5.73 Å². The number of nitrogens with two attached hydrogens (primary N) is 1. The van der Waals surface area contributed by atoms with Gasteiger partial charge in [0.25, 0.3) is 5.91 Å². The van der Waals surface area contributed by atoms with Crippen LogP contribution in [0.1, 0.15) is 10.4 Å². The van der Waals surface area contributed by atoms with Gasteiger partial charge in [-0.3, -0.25) is 4.79 Å². The summed E-state index contributed by atoms with van der Waals surface area (Å²) in [6.45, 7) is 1.23. The van der Waals surface area contributed by atoms with Crippen LogP contribution in [0.5, 0.6) is 11.5 Å². The lowest BCUT2D eigenvalue weighted by Gasteiger charge is -2.14. The molecule has 1 aromatic carbocycles. The van der Waals surface area contributed by atoms with Gasteiger partial charge in [0.1, 0.15) is 0 Å². The van der Waals surface area contributed by atoms with E-state index in [0.717, 1.165) is 12.1 Å². The quantitative estimate of drug-likeness (QED) is 0.772. The van der Waals surface area contributed by atoms with Crippen molar-refractivity contribution in [1.29, 1.82) is 0 Å². The van der Waals surface area contributed by atoms with Gasteiger partial charge in [0.2, 0.25) is 0 Å². The van der Waals surface area contributed by atoms with E-state index in [-0.39, 0.29) is 19.0 Å². The first-order valence-corrected chi connectivity index (χ1v) is 7.38. The average molecular weight is 343 g/mol. The number of carbonyl (C=O) groups is 1. The lowest BCUT2D eigenvalue weighted by Crippen LogP contribution is -2.21. The van der Waals surface area contributed by atoms with Crippen LogP contribution >= 0.6 is 23.7 Å². The van der Waals surface area contributed by atoms with Gasteiger partial charge >= 0.3 is 0 Å². The molecule has 0 aliphatic rings. The molecular weight excluding hydrogens is 324 g/mol. The third-order valence-electron chi connectivity index (χ3n) is 2.83. The van der Waals surface area contributed by atoms with E-state index in [2.05, 4.69) is 11.4 Å². The number of benzene rings is 1. The Labute approximate surface area is 139 Å². The largest absolute Gasteiger partial charge is 0.493 e. The third-order valence-corrected chi connectivity index (χ3v) is 3.71. The van der Waals surface area contributed by atoms with Crippen molar-refractivity contribution in [2.45, 2.75) is 13.1 Å². The SMILES string of the molecule is COc1cccc(CNCc2cccs2)c1OCC(N)=O.Cl. The first-order valence-electron chi connectivity index (χ1n) is 6.50. The molecular formula is C15H19ClN2O3S. The van der Waals surface area contributed by atoms with Gasteiger partial charge < -0.3 is 20.5 Å². The predicted molar refractivity (Wildman–Crippen MR) is 89.8 cm³/mol. The summed E-state index contributed by atoms with van der Waals surface area (Å²) in [6, 6.07) is 9.71. The van der Waals surface area contributed by atoms with Crippen LogP contribution in [0.4, 0.5) is 0 Å². The van der Waals surface area contributed by atoms with E-state index in [9.17, 15) is 4.79 Å². The molecule has 7 heteroatoms. The molecule has 0 aliphatic carbocycles. The Morgan fingerprint density at radius 2 is 2.09 bits per heavy atom. The number of amides is 1. The molecule has 3 N–H and O–H groups in total. The minimum Gasteiger partial charge on any atom is -0.493 e. The highest BCUT2D eigenvalue weighted by Crippen LogP contribution is 2.31. The van der Waals surface area contributed by atoms with Crippen molar-refractivity contribution in [3.05, 3.63) is 46.2 Å². The number of ether oxygens (including phenoxy) is 2. The second-order valence-electron chi connectivity index (χ2n) is 4.39. The number of rotatable bonds is 8. The van der Waals surface area contributed by atoms with E-state index in [1.165, 1.54) is 4.88 Å². The smallest absolute Gasteiger partial charge is 0.255 e. The molecule has 0 saturated carbocycles. The number of halogens is 1. The molecule has 2 aromatic rings. The number of primary amides is 1. The van der Waals surface area contributed by atoms with Gasteiger partial charge in [0.05, 0.1) is 7.11 Å². The molecule has 22 heavy (non-hydrogen) atoms. The van der Waals surface area contributed by atoms with Crippen LogP contribution in [0.3, 0.4) is 0 Å². The minimum absolute atomic E-state index is 0. The molecule has 120 valence electrons. The van der Waals surface area contributed by atoms with E-state index >= 15 is 0 Å². The molecule has 2 rings (SSSR count). The fourth-order valence-corrected chi connectivity index (χ4v) is 2.58. The predicted octanol–water partition coefficient (Wildman–Crippen LogP) is 2.33. The van der Waals surface area contributed by atoms with Crippen LogP contribution in [-0.2, 0) is 17.9 Å². The standard InChI is InChI=1S/C15H18N2O3S.ClH/c1-19-13-6-2-4-11(15(13)20-10-14(16)18)8-17-9-12-5-3-7-21-12;/h2-7,17H,8-10H2,1H3,(H2,16,18);1H. The second-order valence-corrected chi connectivity index (χ2v) is 5.42. The summed E-state index contributed by atoms with van der Waals surface area (Å²) in [5, 5.41) is 5.39. The lowest BCUT2D eigenvalue weighted by molar-refractivity contribution is -0.119. The van der Waals surface area contributed by atoms with Gasteiger partial charge in [0, 0.05) is 23.5 Å². The van der Waals surface area contributed by atoms with E-state index in [1.54, 1.807) is 24.5 Å². The number of thiophene rings is 1. The number of hydrogen-bond donors (Lipinski definition) is 2. The molecule has 0 saturated heterocycles. The first kappa shape index (κ1) is 18.3. The van der Waals surface area contributed by atoms with Gasteiger partial charge in [0.15, 0.2) is 18.1 Å². The first-order chi connectivity index (χ1) is 10.2. The van der Waals surface area contributed by atoms with E-state index in [1.807, 2.05) is 23.6 Å². The molecule has 0 fully saturated rings. The maximum atomic E-state index is 10.9. The zero-order valence-electron chi connectivity index (χ0n) is 12.2. The molecule has 0 spiro atoms. The Kier molecular flexibility index (Phi) is 7.73. The summed E-state index contributed by atoms with van der Waals surface area (Å²) < 4.78 is 10.7. The second kappa shape index (κ2) is 9.30. The summed E-state index contributed by atoms with van der Waals surface area (Å²) in [6.07, 6.45) is 0. The molecule has 0 atom stereocenters. The molecule has 0 radical (unpaired) electrons. The van der Waals surface area contributed by atoms with Crippen molar-refractivity contribution in [3.63, 3.8) is 0 Å². The molecule has 5 nitrogen and oxygen atoms in total. The van der Waals surface area contributed by atoms with Gasteiger partial charge in [-0.25, -0.2) is 0 Å². The summed E-state index contributed by atoms with van der Waals surface area (Å²) in [5.41, 5.74) is 6.05. The monoisotopic (exact) mass is 342 g/mol. The van der Waals surface area contributed by atoms with Gasteiger partial charge in [-0.1, -0.05) is 18.2 Å². The van der Waals surface area contributed by atoms with Crippen LogP contribution in [0.2, 0.25) is 0 Å². The van der Waals surface area contributed by atoms with Crippen LogP contribution in [0.15, 0.2) is 35.7 Å². The number of carbonyl (C=O) groups excluding carboxylic acids is 1. The summed E-state index contributed by atoms with van der Waals surface area (Å²) in [7, 11) is 1.56. The Balaban J connectivity index is 0.00000242. The zero-order valence-corrected chi connectivity index (χ0v) is 13.8. The number of para-hydroxylation sites is 1. The topological polar surface area (TPSA) is 73.6 Å². The van der Waals surface area contributed by atoms with Crippen LogP contribution < -0.4 is 20.5 Å². The van der Waals surface area contributed by atoms with Crippen LogP contribution in [-0.4, -0.2) is 19.6 Å². The number of methoxy groups -OCH3 is 1. The fraction of sp³-hybridized carbons (Fsp3) is 0.267. The normalized spacial score (nSPS) is 9.86. The van der Waals surface area contributed by atoms with E-state index in [0.29, 0.717) is 18.0 Å². The third kappa shape index (κ3) is 5.22. The zero-order chi connectivity index (χ0) is 15.1. The molecule has 0 bridgehead atoms. The van der Waals surface area contributed by atoms with Crippen molar-refractivity contribution in [1.82, 2.24) is 5.32 Å². The average Bonchev–Trinajstić information content (AvgIpc) is 2.98. The van der Waals surface area contributed by atoms with Crippen molar-refractivity contribution >= 4 is 29.7 Å². The Morgan fingerprint density at radius 3 is 2.73 bits per heavy atom. The molecule has 0 aliphatic heterocycles. The Bertz CT molecular complexity index is 590. The Hall–Kier alpha value is -1.76. The molecule has 0 unspecified atom stereocenters. The highest BCUT2D eigenvalue weighted by molar-refractivity contribution is 7.09. The fourth-order valence-electron chi connectivity index (χ4n) is 1.90. The van der Waals surface area contributed by atoms with E-state index < -0.39 is 5.91 Å². The van der Waals surface area contributed by atoms with Gasteiger partial charge in [-0.15, -0.1) is 23.7 Å². The van der Waals surface area contributed by atoms with Crippen LogP contribution in [0, 0.1) is 0 Å². The van der Waals surface area contributed by atoms with Crippen molar-refractivity contribution in [2.75, 3.05) is 13.7 Å². The van der Waals surface area contributed by atoms with Gasteiger partial charge in [-0.05, 0) is 17.5 Å². The molecule has 1 amide bonds. The summed E-state index contributed by atoms with van der Waals surface area (Å²) in [4.78, 5) is 12.2. The Morgan fingerprint density at radius 1 is 1.27 bits per heavy atom. The number of hydrogen-bond acceptors (Lipinski definition) is 5.